The fourth-order valence-corrected chi connectivity index (χ4v) is 2.73. The van der Waals surface area contributed by atoms with Gasteiger partial charge in [0.1, 0.15) is 5.60 Å². The van der Waals surface area contributed by atoms with Crippen molar-refractivity contribution in [3.05, 3.63) is 35.4 Å². The summed E-state index contributed by atoms with van der Waals surface area (Å²) in [6, 6.07) is 7.46. The molecule has 0 saturated carbocycles. The molecule has 6 nitrogen and oxygen atoms in total. The third-order valence-corrected chi connectivity index (χ3v) is 3.59. The van der Waals surface area contributed by atoms with Gasteiger partial charge in [0.2, 0.25) is 0 Å². The lowest BCUT2D eigenvalue weighted by molar-refractivity contribution is -0.197. The number of nitrogens with zero attached hydrogens (tertiary/aromatic N) is 1. The number of hydrogen-bond donors (Lipinski definition) is 0. The zero-order valence-electron chi connectivity index (χ0n) is 14.5. The molecule has 2 rings (SSSR count). The Balaban J connectivity index is 2.30. The van der Waals surface area contributed by atoms with Crippen LogP contribution in [0.15, 0.2) is 24.3 Å². The van der Waals surface area contributed by atoms with E-state index in [4.69, 9.17) is 9.57 Å². The largest absolute Gasteiger partial charge is 0.460 e. The summed E-state index contributed by atoms with van der Waals surface area (Å²) in [7, 11) is 0. The molecule has 1 aliphatic heterocycles. The Morgan fingerprint density at radius 1 is 1.25 bits per heavy atom. The van der Waals surface area contributed by atoms with Crippen LogP contribution < -0.4 is 0 Å². The van der Waals surface area contributed by atoms with Crippen LogP contribution in [-0.4, -0.2) is 35.1 Å². The van der Waals surface area contributed by atoms with Crippen molar-refractivity contribution in [2.45, 2.75) is 52.1 Å². The lowest BCUT2D eigenvalue weighted by Crippen LogP contribution is -2.37. The molecule has 6 heteroatoms. The summed E-state index contributed by atoms with van der Waals surface area (Å²) >= 11 is 0. The number of benzene rings is 1. The molecule has 1 aromatic rings. The summed E-state index contributed by atoms with van der Waals surface area (Å²) in [4.78, 5) is 41.3. The number of carbonyl (C=O) groups is 3. The lowest BCUT2D eigenvalue weighted by Gasteiger charge is -2.24. The maximum atomic E-state index is 12.8. The second kappa shape index (κ2) is 7.03. The van der Waals surface area contributed by atoms with Gasteiger partial charge in [0.25, 0.3) is 5.91 Å². The van der Waals surface area contributed by atoms with Gasteiger partial charge >= 0.3 is 11.9 Å². The molecule has 0 aromatic heterocycles. The highest BCUT2D eigenvalue weighted by molar-refractivity contribution is 5.89. The van der Waals surface area contributed by atoms with Gasteiger partial charge in [-0.05, 0) is 38.3 Å². The third kappa shape index (κ3) is 4.57. The van der Waals surface area contributed by atoms with Gasteiger partial charge in [0.15, 0.2) is 0 Å². The molecule has 1 atom stereocenters. The average molecular weight is 333 g/mol. The first kappa shape index (κ1) is 18.0. The molecule has 1 unspecified atom stereocenters. The molecular formula is C18H23NO5. The molecule has 24 heavy (non-hydrogen) atoms. The second-order valence-corrected chi connectivity index (χ2v) is 6.82. The number of carbonyl (C=O) groups excluding carboxylic acids is 3. The number of hydroxylamine groups is 2. The predicted octanol–water partition coefficient (Wildman–Crippen LogP) is 2.36. The molecule has 1 aliphatic rings. The van der Waals surface area contributed by atoms with E-state index >= 15 is 0 Å². The average Bonchev–Trinajstić information content (AvgIpc) is 2.57. The minimum absolute atomic E-state index is 0.0924. The summed E-state index contributed by atoms with van der Waals surface area (Å²) < 4.78 is 5.34. The molecule has 1 amide bonds. The van der Waals surface area contributed by atoms with E-state index in [1.807, 2.05) is 24.3 Å². The van der Waals surface area contributed by atoms with Crippen molar-refractivity contribution in [2.24, 2.45) is 0 Å². The Morgan fingerprint density at radius 3 is 2.54 bits per heavy atom. The highest BCUT2D eigenvalue weighted by Gasteiger charge is 2.35. The topological polar surface area (TPSA) is 72.9 Å². The van der Waals surface area contributed by atoms with Gasteiger partial charge in [0.05, 0.1) is 18.9 Å². The summed E-state index contributed by atoms with van der Waals surface area (Å²) in [5, 5.41) is 1.05. The summed E-state index contributed by atoms with van der Waals surface area (Å²) in [6.45, 7) is 6.84. The zero-order valence-corrected chi connectivity index (χ0v) is 14.5. The highest BCUT2D eigenvalue weighted by Crippen LogP contribution is 2.30. The Morgan fingerprint density at radius 2 is 1.92 bits per heavy atom. The smallest absolute Gasteiger partial charge is 0.329 e. The van der Waals surface area contributed by atoms with Crippen LogP contribution in [0.25, 0.3) is 0 Å². The van der Waals surface area contributed by atoms with E-state index in [0.717, 1.165) is 16.2 Å². The van der Waals surface area contributed by atoms with Gasteiger partial charge in [-0.15, -0.1) is 0 Å². The number of ether oxygens (including phenoxy) is 1. The van der Waals surface area contributed by atoms with Crippen molar-refractivity contribution in [1.29, 1.82) is 0 Å². The minimum Gasteiger partial charge on any atom is -0.460 e. The quantitative estimate of drug-likeness (QED) is 0.794. The van der Waals surface area contributed by atoms with Crippen molar-refractivity contribution < 1.29 is 24.0 Å². The van der Waals surface area contributed by atoms with E-state index in [-0.39, 0.29) is 13.0 Å². The predicted molar refractivity (Wildman–Crippen MR) is 86.8 cm³/mol. The maximum absolute atomic E-state index is 12.8. The van der Waals surface area contributed by atoms with Crippen LogP contribution in [0.5, 0.6) is 0 Å². The molecular weight excluding hydrogens is 310 g/mol. The summed E-state index contributed by atoms with van der Waals surface area (Å²) in [6.07, 6.45) is 0.463. The first-order chi connectivity index (χ1) is 11.2. The van der Waals surface area contributed by atoms with E-state index in [9.17, 15) is 14.4 Å². The van der Waals surface area contributed by atoms with Crippen LogP contribution in [0.2, 0.25) is 0 Å². The number of hydrogen-bond acceptors (Lipinski definition) is 5. The van der Waals surface area contributed by atoms with E-state index in [1.54, 1.807) is 20.8 Å². The number of amides is 1. The summed E-state index contributed by atoms with van der Waals surface area (Å²) in [5.74, 6) is -2.15. The normalized spacial score (nSPS) is 17.8. The Hall–Kier alpha value is -2.37. The van der Waals surface area contributed by atoms with E-state index in [0.29, 0.717) is 6.42 Å². The third-order valence-electron chi connectivity index (χ3n) is 3.59. The van der Waals surface area contributed by atoms with Crippen LogP contribution in [0, 0.1) is 0 Å². The summed E-state index contributed by atoms with van der Waals surface area (Å²) in [5.41, 5.74) is 1.12. The van der Waals surface area contributed by atoms with Crippen molar-refractivity contribution >= 4 is 17.8 Å². The lowest BCUT2D eigenvalue weighted by atomic mass is 9.91. The van der Waals surface area contributed by atoms with Crippen LogP contribution >= 0.6 is 0 Å². The minimum atomic E-state index is -0.724. The second-order valence-electron chi connectivity index (χ2n) is 6.82. The van der Waals surface area contributed by atoms with Crippen LogP contribution in [0.3, 0.4) is 0 Å². The maximum Gasteiger partial charge on any atom is 0.329 e. The van der Waals surface area contributed by atoms with Gasteiger partial charge < -0.3 is 9.57 Å². The molecule has 130 valence electrons. The van der Waals surface area contributed by atoms with Crippen LogP contribution in [-0.2, 0) is 30.4 Å². The van der Waals surface area contributed by atoms with E-state index in [1.165, 1.54) is 6.92 Å². The van der Waals surface area contributed by atoms with Crippen LogP contribution in [0.1, 0.15) is 51.2 Å². The standard InChI is InChI=1S/C18H23NO5/c1-12(20)24-19-10-9-13-7-5-6-8-14(13)15(17(19)22)11-16(21)23-18(2,3)4/h5-8,15H,9-11H2,1-4H3. The van der Waals surface area contributed by atoms with Crippen molar-refractivity contribution in [3.63, 3.8) is 0 Å². The number of rotatable bonds is 3. The SMILES string of the molecule is CC(=O)ON1CCc2ccccc2C(CC(=O)OC(C)(C)C)C1=O. The van der Waals surface area contributed by atoms with Gasteiger partial charge in [-0.3, -0.25) is 14.4 Å². The van der Waals surface area contributed by atoms with Gasteiger partial charge in [-0.2, -0.15) is 5.06 Å². The van der Waals surface area contributed by atoms with Gasteiger partial charge in [-0.1, -0.05) is 24.3 Å². The number of esters is 1. The zero-order chi connectivity index (χ0) is 17.9. The Kier molecular flexibility index (Phi) is 5.26. The molecule has 0 fully saturated rings. The van der Waals surface area contributed by atoms with Crippen molar-refractivity contribution in [3.8, 4) is 0 Å². The molecule has 0 N–H and O–H groups in total. The van der Waals surface area contributed by atoms with Crippen molar-refractivity contribution in [1.82, 2.24) is 5.06 Å². The van der Waals surface area contributed by atoms with Gasteiger partial charge in [-0.25, -0.2) is 0 Å². The molecule has 0 spiro atoms. The Labute approximate surface area is 141 Å². The molecule has 0 bridgehead atoms. The fraction of sp³-hybridized carbons (Fsp3) is 0.500. The molecule has 0 saturated heterocycles. The molecule has 0 aliphatic carbocycles. The molecule has 0 radical (unpaired) electrons. The van der Waals surface area contributed by atoms with E-state index in [2.05, 4.69) is 0 Å². The monoisotopic (exact) mass is 333 g/mol. The number of fused-ring (bicyclic) bond motifs is 1. The first-order valence-electron chi connectivity index (χ1n) is 7.97. The van der Waals surface area contributed by atoms with E-state index < -0.39 is 29.4 Å². The molecule has 1 aromatic carbocycles. The van der Waals surface area contributed by atoms with Gasteiger partial charge in [0, 0.05) is 6.92 Å². The van der Waals surface area contributed by atoms with Crippen LogP contribution in [0.4, 0.5) is 0 Å². The molecule has 1 heterocycles. The fourth-order valence-electron chi connectivity index (χ4n) is 2.73. The highest BCUT2D eigenvalue weighted by atomic mass is 16.7. The first-order valence-corrected chi connectivity index (χ1v) is 7.97. The Bertz CT molecular complexity index is 647. The van der Waals surface area contributed by atoms with Crippen molar-refractivity contribution in [2.75, 3.05) is 6.54 Å².